The normalized spacial score (nSPS) is 15.5. The fraction of sp³-hybridized carbons (Fsp3) is 0.385. The van der Waals surface area contributed by atoms with Gasteiger partial charge in [0, 0.05) is 30.9 Å². The van der Waals surface area contributed by atoms with Crippen LogP contribution in [0, 0.1) is 0 Å². The van der Waals surface area contributed by atoms with E-state index in [1.807, 2.05) is 4.90 Å². The van der Waals surface area contributed by atoms with E-state index in [1.54, 1.807) is 6.07 Å². The van der Waals surface area contributed by atoms with Gasteiger partial charge in [-0.2, -0.15) is 33.5 Å². The molecule has 9 nitrogen and oxygen atoms in total. The third-order valence-corrected chi connectivity index (χ3v) is 3.73. The molecule has 0 saturated carbocycles. The van der Waals surface area contributed by atoms with Crippen LogP contribution in [0.15, 0.2) is 18.5 Å². The molecule has 1 saturated heterocycles. The van der Waals surface area contributed by atoms with E-state index in [2.05, 4.69) is 20.2 Å². The van der Waals surface area contributed by atoms with Crippen molar-refractivity contribution in [1.29, 1.82) is 0 Å². The summed E-state index contributed by atoms with van der Waals surface area (Å²) in [5.74, 6) is 0.673. The summed E-state index contributed by atoms with van der Waals surface area (Å²) in [7, 11) is 0. The molecule has 1 aliphatic rings. The molecule has 3 aromatic heterocycles. The Hall–Kier alpha value is -2.82. The Morgan fingerprint density at radius 2 is 2.00 bits per heavy atom. The van der Waals surface area contributed by atoms with Crippen LogP contribution in [-0.4, -0.2) is 55.7 Å². The van der Waals surface area contributed by atoms with E-state index in [9.17, 15) is 8.78 Å². The maximum atomic E-state index is 12.6. The van der Waals surface area contributed by atoms with E-state index < -0.39 is 6.55 Å². The molecule has 0 unspecified atom stereocenters. The number of nitrogen functional groups attached to an aromatic ring is 1. The van der Waals surface area contributed by atoms with Gasteiger partial charge in [0.2, 0.25) is 11.9 Å². The van der Waals surface area contributed by atoms with Crippen molar-refractivity contribution in [3.8, 4) is 11.3 Å². The number of fused-ring (bicyclic) bond motifs is 1. The average molecular weight is 336 g/mol. The molecule has 126 valence electrons. The Morgan fingerprint density at radius 3 is 2.71 bits per heavy atom. The third-order valence-electron chi connectivity index (χ3n) is 3.73. The Kier molecular flexibility index (Phi) is 3.49. The molecule has 0 amide bonds. The van der Waals surface area contributed by atoms with Crippen LogP contribution in [0.4, 0.5) is 20.7 Å². The van der Waals surface area contributed by atoms with E-state index in [1.165, 1.54) is 16.9 Å². The van der Waals surface area contributed by atoms with Crippen molar-refractivity contribution in [1.82, 2.24) is 29.4 Å². The van der Waals surface area contributed by atoms with Crippen LogP contribution in [0.25, 0.3) is 16.9 Å². The van der Waals surface area contributed by atoms with Crippen LogP contribution < -0.4 is 10.6 Å². The number of rotatable bonds is 3. The molecule has 1 fully saturated rings. The molecule has 4 heterocycles. The number of hydrogen-bond donors (Lipinski definition) is 1. The SMILES string of the molecule is Nc1nc(N2CCOCC2)nc2cc(-c3cnn(C(F)F)c3)nn12. The van der Waals surface area contributed by atoms with Crippen LogP contribution in [0.3, 0.4) is 0 Å². The smallest absolute Gasteiger partial charge is 0.333 e. The van der Waals surface area contributed by atoms with Gasteiger partial charge in [0.05, 0.1) is 25.1 Å². The summed E-state index contributed by atoms with van der Waals surface area (Å²) in [5.41, 5.74) is 7.35. The summed E-state index contributed by atoms with van der Waals surface area (Å²) in [6.07, 6.45) is 2.54. The number of aromatic nitrogens is 6. The van der Waals surface area contributed by atoms with E-state index >= 15 is 0 Å². The molecule has 0 radical (unpaired) electrons. The average Bonchev–Trinajstić information content (AvgIpc) is 3.22. The van der Waals surface area contributed by atoms with E-state index in [4.69, 9.17) is 10.5 Å². The van der Waals surface area contributed by atoms with E-state index in [0.717, 1.165) is 0 Å². The van der Waals surface area contributed by atoms with Gasteiger partial charge in [-0.05, 0) is 0 Å². The van der Waals surface area contributed by atoms with Crippen LogP contribution in [0.1, 0.15) is 6.55 Å². The summed E-state index contributed by atoms with van der Waals surface area (Å²) in [6, 6.07) is 1.66. The molecular formula is C13H14F2N8O. The third kappa shape index (κ3) is 2.52. The number of anilines is 2. The zero-order chi connectivity index (χ0) is 16.7. The summed E-state index contributed by atoms with van der Waals surface area (Å²) >= 11 is 0. The number of ether oxygens (including phenoxy) is 1. The number of alkyl halides is 2. The first-order valence-corrected chi connectivity index (χ1v) is 7.30. The second-order valence-corrected chi connectivity index (χ2v) is 5.27. The first-order chi connectivity index (χ1) is 11.6. The molecule has 24 heavy (non-hydrogen) atoms. The van der Waals surface area contributed by atoms with Gasteiger partial charge < -0.3 is 15.4 Å². The second-order valence-electron chi connectivity index (χ2n) is 5.27. The fourth-order valence-corrected chi connectivity index (χ4v) is 2.52. The largest absolute Gasteiger partial charge is 0.378 e. The van der Waals surface area contributed by atoms with Gasteiger partial charge in [0.1, 0.15) is 0 Å². The van der Waals surface area contributed by atoms with Gasteiger partial charge in [-0.15, -0.1) is 0 Å². The monoisotopic (exact) mass is 336 g/mol. The highest BCUT2D eigenvalue weighted by Crippen LogP contribution is 2.23. The van der Waals surface area contributed by atoms with Gasteiger partial charge in [-0.1, -0.05) is 0 Å². The van der Waals surface area contributed by atoms with Gasteiger partial charge in [-0.25, -0.2) is 4.68 Å². The molecule has 0 aliphatic carbocycles. The Morgan fingerprint density at radius 1 is 1.21 bits per heavy atom. The lowest BCUT2D eigenvalue weighted by Crippen LogP contribution is -2.37. The molecule has 11 heteroatoms. The molecule has 0 aromatic carbocycles. The van der Waals surface area contributed by atoms with Gasteiger partial charge in [0.25, 0.3) is 0 Å². The highest BCUT2D eigenvalue weighted by Gasteiger charge is 2.18. The lowest BCUT2D eigenvalue weighted by atomic mass is 10.3. The predicted molar refractivity (Wildman–Crippen MR) is 80.7 cm³/mol. The van der Waals surface area contributed by atoms with Crippen molar-refractivity contribution >= 4 is 17.5 Å². The minimum absolute atomic E-state index is 0.175. The van der Waals surface area contributed by atoms with Crippen LogP contribution in [-0.2, 0) is 4.74 Å². The Bertz CT molecular complexity index is 870. The van der Waals surface area contributed by atoms with Crippen LogP contribution in [0.2, 0.25) is 0 Å². The molecule has 0 atom stereocenters. The Labute approximate surface area is 134 Å². The number of halogens is 2. The van der Waals surface area contributed by atoms with E-state index in [-0.39, 0.29) is 5.95 Å². The quantitative estimate of drug-likeness (QED) is 0.755. The molecule has 0 bridgehead atoms. The van der Waals surface area contributed by atoms with Gasteiger partial charge in [0.15, 0.2) is 5.65 Å². The van der Waals surface area contributed by atoms with Gasteiger partial charge in [-0.3, -0.25) is 0 Å². The summed E-state index contributed by atoms with van der Waals surface area (Å²) in [6.45, 7) is -0.138. The summed E-state index contributed by atoms with van der Waals surface area (Å²) < 4.78 is 32.5. The van der Waals surface area contributed by atoms with Gasteiger partial charge >= 0.3 is 6.55 Å². The lowest BCUT2D eigenvalue weighted by Gasteiger charge is -2.26. The van der Waals surface area contributed by atoms with Crippen LogP contribution >= 0.6 is 0 Å². The maximum absolute atomic E-state index is 12.6. The number of morpholine rings is 1. The zero-order valence-corrected chi connectivity index (χ0v) is 12.5. The predicted octanol–water partition coefficient (Wildman–Crippen LogP) is 0.802. The Balaban J connectivity index is 1.72. The molecular weight excluding hydrogens is 322 g/mol. The maximum Gasteiger partial charge on any atom is 0.333 e. The highest BCUT2D eigenvalue weighted by molar-refractivity contribution is 5.64. The molecule has 2 N–H and O–H groups in total. The van der Waals surface area contributed by atoms with Crippen LogP contribution in [0.5, 0.6) is 0 Å². The first kappa shape index (κ1) is 14.8. The lowest BCUT2D eigenvalue weighted by molar-refractivity contribution is 0.0566. The zero-order valence-electron chi connectivity index (χ0n) is 12.5. The summed E-state index contributed by atoms with van der Waals surface area (Å²) in [4.78, 5) is 10.7. The van der Waals surface area contributed by atoms with Crippen molar-refractivity contribution in [3.63, 3.8) is 0 Å². The van der Waals surface area contributed by atoms with Crippen molar-refractivity contribution in [2.75, 3.05) is 36.9 Å². The molecule has 4 rings (SSSR count). The molecule has 1 aliphatic heterocycles. The minimum atomic E-state index is -2.70. The highest BCUT2D eigenvalue weighted by atomic mass is 19.3. The fourth-order valence-electron chi connectivity index (χ4n) is 2.52. The number of nitrogens with zero attached hydrogens (tertiary/aromatic N) is 7. The topological polar surface area (TPSA) is 99.4 Å². The van der Waals surface area contributed by atoms with Crippen molar-refractivity contribution in [3.05, 3.63) is 18.5 Å². The number of nitrogens with two attached hydrogens (primary N) is 1. The standard InChI is InChI=1S/C13H14F2N8O/c14-11(15)22-7-8(6-17-22)9-5-10-18-13(19-12(16)23(10)20-9)21-1-3-24-4-2-21/h5-7,11H,1-4H2,(H2,16,18,19). The second kappa shape index (κ2) is 5.67. The summed E-state index contributed by atoms with van der Waals surface area (Å²) in [5, 5.41) is 7.87. The van der Waals surface area contributed by atoms with Crippen molar-refractivity contribution in [2.45, 2.75) is 6.55 Å². The van der Waals surface area contributed by atoms with Crippen molar-refractivity contribution < 1.29 is 13.5 Å². The number of hydrogen-bond acceptors (Lipinski definition) is 7. The van der Waals surface area contributed by atoms with E-state index in [0.29, 0.717) is 53.8 Å². The minimum Gasteiger partial charge on any atom is -0.378 e. The molecule has 0 spiro atoms. The van der Waals surface area contributed by atoms with Crippen molar-refractivity contribution in [2.24, 2.45) is 0 Å². The molecule has 3 aromatic rings. The first-order valence-electron chi connectivity index (χ1n) is 7.30.